The summed E-state index contributed by atoms with van der Waals surface area (Å²) in [7, 11) is 0. The van der Waals surface area contributed by atoms with Gasteiger partial charge in [-0.1, -0.05) is 45.1 Å². The molecule has 1 aliphatic heterocycles. The molecule has 0 N–H and O–H groups in total. The first-order valence-electron chi connectivity index (χ1n) is 5.23. The molecule has 0 aliphatic carbocycles. The second kappa shape index (κ2) is 3.57. The van der Waals surface area contributed by atoms with Crippen molar-refractivity contribution in [1.82, 2.24) is 0 Å². The molecule has 0 spiro atoms. The van der Waals surface area contributed by atoms with Gasteiger partial charge in [-0.3, -0.25) is 4.42 Å². The summed E-state index contributed by atoms with van der Waals surface area (Å²) >= 11 is 6.15. The van der Waals surface area contributed by atoms with E-state index in [-0.39, 0.29) is 5.41 Å². The van der Waals surface area contributed by atoms with E-state index in [4.69, 9.17) is 11.8 Å². The second-order valence-corrected chi connectivity index (χ2v) is 5.34. The summed E-state index contributed by atoms with van der Waals surface area (Å²) in [6, 6.07) is 6.33. The largest absolute Gasteiger partial charge is 0.281 e. The number of halogens is 1. The van der Waals surface area contributed by atoms with Gasteiger partial charge in [-0.15, -0.1) is 0 Å². The summed E-state index contributed by atoms with van der Waals surface area (Å²) in [6.07, 6.45) is 4.28. The number of fused-ring (bicyclic) bond motifs is 1. The highest BCUT2D eigenvalue weighted by Gasteiger charge is 2.21. The average Bonchev–Trinajstić information content (AvgIpc) is 2.16. The van der Waals surface area contributed by atoms with E-state index in [9.17, 15) is 0 Å². The fourth-order valence-corrected chi connectivity index (χ4v) is 2.18. The highest BCUT2D eigenvalue weighted by atomic mass is 35.5. The van der Waals surface area contributed by atoms with Crippen molar-refractivity contribution < 1.29 is 0 Å². The van der Waals surface area contributed by atoms with Crippen molar-refractivity contribution in [3.63, 3.8) is 0 Å². The van der Waals surface area contributed by atoms with E-state index in [1.165, 1.54) is 11.1 Å². The Bertz CT molecular complexity index is 401. The third kappa shape index (κ3) is 1.89. The van der Waals surface area contributed by atoms with Gasteiger partial charge >= 0.3 is 0 Å². The summed E-state index contributed by atoms with van der Waals surface area (Å²) in [5.41, 5.74) is 3.88. The predicted octanol–water partition coefficient (Wildman–Crippen LogP) is 3.97. The van der Waals surface area contributed by atoms with Crippen LogP contribution in [0.5, 0.6) is 0 Å². The Morgan fingerprint density at radius 1 is 1.27 bits per heavy atom. The van der Waals surface area contributed by atoms with Crippen LogP contribution in [0.25, 0.3) is 6.08 Å². The molecule has 80 valence electrons. The maximum atomic E-state index is 6.15. The Morgan fingerprint density at radius 3 is 2.67 bits per heavy atom. The third-order valence-electron chi connectivity index (χ3n) is 2.70. The number of benzene rings is 1. The molecule has 15 heavy (non-hydrogen) atoms. The molecule has 0 amide bonds. The maximum absolute atomic E-state index is 6.15. The van der Waals surface area contributed by atoms with Crippen molar-refractivity contribution in [2.45, 2.75) is 26.2 Å². The molecule has 0 saturated heterocycles. The number of hydrogen-bond donors (Lipinski definition) is 0. The average molecular weight is 222 g/mol. The molecule has 0 bridgehead atoms. The van der Waals surface area contributed by atoms with Gasteiger partial charge < -0.3 is 0 Å². The molecular formula is C13H16ClN. The van der Waals surface area contributed by atoms with Crippen LogP contribution in [-0.2, 0) is 5.41 Å². The van der Waals surface area contributed by atoms with Crippen LogP contribution in [0.4, 0.5) is 5.69 Å². The van der Waals surface area contributed by atoms with Gasteiger partial charge in [0.2, 0.25) is 0 Å². The van der Waals surface area contributed by atoms with Crippen molar-refractivity contribution in [2.24, 2.45) is 0 Å². The van der Waals surface area contributed by atoms with Crippen molar-refractivity contribution in [3.8, 4) is 0 Å². The molecule has 0 atom stereocenters. The Hall–Kier alpha value is -0.950. The van der Waals surface area contributed by atoms with Crippen LogP contribution in [0, 0.1) is 0 Å². The van der Waals surface area contributed by atoms with E-state index in [1.807, 2.05) is 0 Å². The van der Waals surface area contributed by atoms with Crippen LogP contribution in [0.15, 0.2) is 24.3 Å². The number of nitrogens with zero attached hydrogens (tertiary/aromatic N) is 1. The van der Waals surface area contributed by atoms with Gasteiger partial charge in [-0.25, -0.2) is 0 Å². The number of rotatable bonds is 0. The highest BCUT2D eigenvalue weighted by molar-refractivity contribution is 6.26. The second-order valence-electron chi connectivity index (χ2n) is 4.94. The van der Waals surface area contributed by atoms with E-state index in [0.29, 0.717) is 0 Å². The molecule has 1 heterocycles. The van der Waals surface area contributed by atoms with Crippen molar-refractivity contribution in [3.05, 3.63) is 35.4 Å². The van der Waals surface area contributed by atoms with Gasteiger partial charge in [0.05, 0.1) is 12.2 Å². The van der Waals surface area contributed by atoms with E-state index in [1.54, 1.807) is 4.42 Å². The zero-order chi connectivity index (χ0) is 11.1. The lowest BCUT2D eigenvalue weighted by molar-refractivity contribution is 0.589. The van der Waals surface area contributed by atoms with Gasteiger partial charge in [0.15, 0.2) is 0 Å². The lowest BCUT2D eigenvalue weighted by Gasteiger charge is -2.28. The van der Waals surface area contributed by atoms with Crippen molar-refractivity contribution in [1.29, 1.82) is 0 Å². The minimum absolute atomic E-state index is 0.157. The summed E-state index contributed by atoms with van der Waals surface area (Å²) in [5, 5.41) is 0. The quantitative estimate of drug-likeness (QED) is 0.600. The smallest absolute Gasteiger partial charge is 0.0602 e. The van der Waals surface area contributed by atoms with Gasteiger partial charge in [0.1, 0.15) is 0 Å². The van der Waals surface area contributed by atoms with E-state index in [0.717, 1.165) is 12.2 Å². The normalized spacial score (nSPS) is 15.3. The molecular weight excluding hydrogens is 206 g/mol. The van der Waals surface area contributed by atoms with Crippen molar-refractivity contribution in [2.75, 3.05) is 11.0 Å². The molecule has 0 saturated carbocycles. The minimum Gasteiger partial charge on any atom is -0.281 e. The zero-order valence-electron chi connectivity index (χ0n) is 9.42. The molecule has 1 aromatic rings. The fraction of sp³-hybridized carbons (Fsp3) is 0.385. The van der Waals surface area contributed by atoms with Crippen LogP contribution >= 0.6 is 11.8 Å². The number of hydrogen-bond acceptors (Lipinski definition) is 1. The molecule has 0 fully saturated rings. The fourth-order valence-electron chi connectivity index (χ4n) is 1.96. The Morgan fingerprint density at radius 2 is 2.00 bits per heavy atom. The van der Waals surface area contributed by atoms with Gasteiger partial charge in [0, 0.05) is 17.3 Å². The zero-order valence-corrected chi connectivity index (χ0v) is 10.2. The van der Waals surface area contributed by atoms with Crippen LogP contribution in [0.2, 0.25) is 0 Å². The summed E-state index contributed by atoms with van der Waals surface area (Å²) in [5.74, 6) is 0. The molecule has 0 radical (unpaired) electrons. The van der Waals surface area contributed by atoms with Crippen molar-refractivity contribution >= 4 is 23.5 Å². The Labute approximate surface area is 96.5 Å². The molecule has 2 heteroatoms. The van der Waals surface area contributed by atoms with Crippen LogP contribution in [-0.4, -0.2) is 6.54 Å². The van der Waals surface area contributed by atoms with Crippen LogP contribution in [0.3, 0.4) is 0 Å². The SMILES string of the molecule is CC(C)(C)c1cccc2c1C=CCN2Cl. The van der Waals surface area contributed by atoms with E-state index >= 15 is 0 Å². The Balaban J connectivity index is 2.61. The van der Waals surface area contributed by atoms with Gasteiger partial charge in [-0.2, -0.15) is 0 Å². The molecule has 1 aliphatic rings. The summed E-state index contributed by atoms with van der Waals surface area (Å²) in [6.45, 7) is 7.46. The highest BCUT2D eigenvalue weighted by Crippen LogP contribution is 2.35. The van der Waals surface area contributed by atoms with Crippen LogP contribution < -0.4 is 4.42 Å². The minimum atomic E-state index is 0.157. The monoisotopic (exact) mass is 221 g/mol. The van der Waals surface area contributed by atoms with E-state index < -0.39 is 0 Å². The Kier molecular flexibility index (Phi) is 2.51. The topological polar surface area (TPSA) is 3.24 Å². The molecule has 2 rings (SSSR count). The van der Waals surface area contributed by atoms with Gasteiger partial charge in [-0.05, 0) is 17.0 Å². The van der Waals surface area contributed by atoms with Gasteiger partial charge in [0.25, 0.3) is 0 Å². The van der Waals surface area contributed by atoms with Crippen LogP contribution in [0.1, 0.15) is 31.9 Å². The number of anilines is 1. The molecule has 0 aromatic heterocycles. The first-order chi connectivity index (χ1) is 7.00. The molecule has 1 aromatic carbocycles. The lowest BCUT2D eigenvalue weighted by Crippen LogP contribution is -2.19. The lowest BCUT2D eigenvalue weighted by atomic mass is 9.82. The predicted molar refractivity (Wildman–Crippen MR) is 67.4 cm³/mol. The molecule has 1 nitrogen and oxygen atoms in total. The maximum Gasteiger partial charge on any atom is 0.0602 e. The summed E-state index contributed by atoms with van der Waals surface area (Å²) < 4.78 is 1.77. The molecule has 0 unspecified atom stereocenters. The van der Waals surface area contributed by atoms with E-state index in [2.05, 4.69) is 51.1 Å². The summed E-state index contributed by atoms with van der Waals surface area (Å²) in [4.78, 5) is 0. The first-order valence-corrected chi connectivity index (χ1v) is 5.57. The standard InChI is InChI=1S/C13H16ClN/c1-13(2,3)11-7-4-8-12-10(11)6-5-9-15(12)14/h4-8H,9H2,1-3H3. The first kappa shape index (κ1) is 10.6. The third-order valence-corrected chi connectivity index (χ3v) is 3.02.